The number of hydrogen-bond donors (Lipinski definition) is 1. The van der Waals surface area contributed by atoms with Crippen molar-refractivity contribution in [1.29, 1.82) is 5.26 Å². The zero-order valence-corrected chi connectivity index (χ0v) is 11.5. The van der Waals surface area contributed by atoms with Crippen molar-refractivity contribution in [2.45, 2.75) is 31.3 Å². The number of ether oxygens (including phenoxy) is 1. The summed E-state index contributed by atoms with van der Waals surface area (Å²) in [6.45, 7) is 0.783. The number of nitriles is 1. The summed E-state index contributed by atoms with van der Waals surface area (Å²) in [7, 11) is 1.61. The molecule has 1 N–H and O–H groups in total. The van der Waals surface area contributed by atoms with E-state index in [2.05, 4.69) is 0 Å². The Balaban J connectivity index is 2.02. The van der Waals surface area contributed by atoms with Gasteiger partial charge in [0.25, 0.3) is 0 Å². The minimum absolute atomic E-state index is 0.138. The normalized spacial score (nSPS) is 25.0. The quantitative estimate of drug-likeness (QED) is 0.792. The number of hydrogen-bond acceptors (Lipinski definition) is 4. The van der Waals surface area contributed by atoms with Gasteiger partial charge in [-0.2, -0.15) is 5.26 Å². The number of carbonyl (C=O) groups is 2. The number of rotatable bonds is 5. The number of carboxylic acids is 1. The van der Waals surface area contributed by atoms with Crippen molar-refractivity contribution in [2.24, 2.45) is 5.92 Å². The van der Waals surface area contributed by atoms with Crippen LogP contribution in [0.1, 0.15) is 19.3 Å². The summed E-state index contributed by atoms with van der Waals surface area (Å²) in [6, 6.07) is 1.59. The monoisotopic (exact) mass is 281 g/mol. The molecule has 7 heteroatoms. The van der Waals surface area contributed by atoms with Crippen molar-refractivity contribution in [3.63, 3.8) is 0 Å². The Kier molecular flexibility index (Phi) is 4.45. The second-order valence-corrected chi connectivity index (χ2v) is 5.28. The van der Waals surface area contributed by atoms with Crippen molar-refractivity contribution < 1.29 is 19.4 Å². The molecule has 2 fully saturated rings. The average molecular weight is 281 g/mol. The summed E-state index contributed by atoms with van der Waals surface area (Å²) in [6.07, 6.45) is 2.20. The van der Waals surface area contributed by atoms with Gasteiger partial charge in [0.2, 0.25) is 0 Å². The molecule has 1 saturated carbocycles. The number of carbonyl (C=O) groups excluding carboxylic acids is 1. The molecule has 2 atom stereocenters. The largest absolute Gasteiger partial charge is 0.481 e. The summed E-state index contributed by atoms with van der Waals surface area (Å²) < 4.78 is 5.19. The Labute approximate surface area is 117 Å². The van der Waals surface area contributed by atoms with E-state index in [-0.39, 0.29) is 25.3 Å². The fourth-order valence-corrected chi connectivity index (χ4v) is 2.50. The smallest absolute Gasteiger partial charge is 0.320 e. The van der Waals surface area contributed by atoms with Gasteiger partial charge in [-0.3, -0.25) is 4.79 Å². The maximum absolute atomic E-state index is 12.5. The van der Waals surface area contributed by atoms with Gasteiger partial charge in [-0.15, -0.1) is 0 Å². The minimum Gasteiger partial charge on any atom is -0.481 e. The highest BCUT2D eigenvalue weighted by molar-refractivity contribution is 5.77. The molecule has 0 aromatic rings. The second-order valence-electron chi connectivity index (χ2n) is 5.28. The lowest BCUT2D eigenvalue weighted by Crippen LogP contribution is -2.50. The second kappa shape index (κ2) is 6.09. The van der Waals surface area contributed by atoms with Gasteiger partial charge in [0.05, 0.1) is 31.7 Å². The first kappa shape index (κ1) is 14.6. The van der Waals surface area contributed by atoms with E-state index in [0.717, 1.165) is 12.8 Å². The van der Waals surface area contributed by atoms with Gasteiger partial charge in [-0.1, -0.05) is 0 Å². The molecule has 7 nitrogen and oxygen atoms in total. The third-order valence-corrected chi connectivity index (χ3v) is 3.86. The van der Waals surface area contributed by atoms with E-state index in [4.69, 9.17) is 15.1 Å². The number of urea groups is 1. The molecule has 0 spiro atoms. The average Bonchev–Trinajstić information content (AvgIpc) is 3.13. The Morgan fingerprint density at radius 2 is 2.10 bits per heavy atom. The molecule has 0 bridgehead atoms. The van der Waals surface area contributed by atoms with Crippen molar-refractivity contribution in [3.8, 4) is 6.07 Å². The van der Waals surface area contributed by atoms with Crippen LogP contribution in [0, 0.1) is 17.2 Å². The topological polar surface area (TPSA) is 93.9 Å². The predicted octanol–water partition coefficient (Wildman–Crippen LogP) is 0.516. The lowest BCUT2D eigenvalue weighted by Gasteiger charge is -2.32. The third-order valence-electron chi connectivity index (χ3n) is 3.86. The van der Waals surface area contributed by atoms with Crippen molar-refractivity contribution in [2.75, 3.05) is 26.8 Å². The van der Waals surface area contributed by atoms with Gasteiger partial charge >= 0.3 is 12.0 Å². The Hall–Kier alpha value is -1.81. The molecule has 1 heterocycles. The number of likely N-dealkylation sites (N-methyl/N-ethyl adjacent to an activating group) is 1. The van der Waals surface area contributed by atoms with Crippen LogP contribution in [0.5, 0.6) is 0 Å². The molecule has 1 aliphatic carbocycles. The van der Waals surface area contributed by atoms with Crippen LogP contribution in [0.4, 0.5) is 4.79 Å². The van der Waals surface area contributed by atoms with Crippen LogP contribution in [0.2, 0.25) is 0 Å². The number of aliphatic carboxylic acids is 1. The summed E-state index contributed by atoms with van der Waals surface area (Å²) >= 11 is 0. The van der Waals surface area contributed by atoms with Crippen molar-refractivity contribution >= 4 is 12.0 Å². The summed E-state index contributed by atoms with van der Waals surface area (Å²) in [5, 5.41) is 17.8. The molecule has 0 radical (unpaired) electrons. The number of amides is 2. The van der Waals surface area contributed by atoms with E-state index in [9.17, 15) is 9.59 Å². The molecule has 1 aliphatic heterocycles. The first-order valence-electron chi connectivity index (χ1n) is 6.77. The van der Waals surface area contributed by atoms with E-state index in [0.29, 0.717) is 13.0 Å². The molecule has 20 heavy (non-hydrogen) atoms. The lowest BCUT2D eigenvalue weighted by molar-refractivity contribution is -0.142. The molecule has 0 aromatic heterocycles. The van der Waals surface area contributed by atoms with Crippen LogP contribution in [-0.4, -0.2) is 65.8 Å². The van der Waals surface area contributed by atoms with E-state index < -0.39 is 17.9 Å². The highest BCUT2D eigenvalue weighted by Crippen LogP contribution is 2.29. The van der Waals surface area contributed by atoms with Crippen LogP contribution in [0.3, 0.4) is 0 Å². The molecule has 2 unspecified atom stereocenters. The SMILES string of the molecule is CN(C(=O)N(CCC#N)C1CC1)C1COCC1C(=O)O. The van der Waals surface area contributed by atoms with E-state index in [1.54, 1.807) is 11.9 Å². The molecule has 1 saturated heterocycles. The number of nitrogens with zero attached hydrogens (tertiary/aromatic N) is 3. The van der Waals surface area contributed by atoms with Gasteiger partial charge < -0.3 is 19.6 Å². The molecule has 0 aromatic carbocycles. The summed E-state index contributed by atoms with van der Waals surface area (Å²) in [4.78, 5) is 26.8. The molecule has 2 aliphatic rings. The van der Waals surface area contributed by atoms with Crippen LogP contribution < -0.4 is 0 Å². The van der Waals surface area contributed by atoms with Crippen molar-refractivity contribution in [1.82, 2.24) is 9.80 Å². The summed E-state index contributed by atoms with van der Waals surface area (Å²) in [5.41, 5.74) is 0. The maximum atomic E-state index is 12.5. The van der Waals surface area contributed by atoms with Crippen LogP contribution in [0.15, 0.2) is 0 Å². The highest BCUT2D eigenvalue weighted by atomic mass is 16.5. The van der Waals surface area contributed by atoms with Crippen LogP contribution in [0.25, 0.3) is 0 Å². The summed E-state index contributed by atoms with van der Waals surface area (Å²) in [5.74, 6) is -1.62. The molecule has 2 amide bonds. The van der Waals surface area contributed by atoms with Crippen molar-refractivity contribution in [3.05, 3.63) is 0 Å². The Bertz CT molecular complexity index is 430. The molecular weight excluding hydrogens is 262 g/mol. The lowest BCUT2D eigenvalue weighted by atomic mass is 10.0. The van der Waals surface area contributed by atoms with Gasteiger partial charge in [0.1, 0.15) is 5.92 Å². The van der Waals surface area contributed by atoms with Gasteiger partial charge in [0, 0.05) is 19.6 Å². The van der Waals surface area contributed by atoms with Gasteiger partial charge in [-0.25, -0.2) is 4.79 Å². The predicted molar refractivity (Wildman–Crippen MR) is 68.8 cm³/mol. The highest BCUT2D eigenvalue weighted by Gasteiger charge is 2.41. The van der Waals surface area contributed by atoms with E-state index >= 15 is 0 Å². The van der Waals surface area contributed by atoms with E-state index in [1.807, 2.05) is 6.07 Å². The molecule has 2 rings (SSSR count). The fraction of sp³-hybridized carbons (Fsp3) is 0.769. The Morgan fingerprint density at radius 1 is 1.40 bits per heavy atom. The molecule has 110 valence electrons. The minimum atomic E-state index is -0.942. The first-order valence-corrected chi connectivity index (χ1v) is 6.77. The van der Waals surface area contributed by atoms with Crippen LogP contribution in [-0.2, 0) is 9.53 Å². The maximum Gasteiger partial charge on any atom is 0.320 e. The Morgan fingerprint density at radius 3 is 2.65 bits per heavy atom. The van der Waals surface area contributed by atoms with Gasteiger partial charge in [-0.05, 0) is 12.8 Å². The fourth-order valence-electron chi connectivity index (χ4n) is 2.50. The zero-order chi connectivity index (χ0) is 14.7. The first-order chi connectivity index (χ1) is 9.56. The van der Waals surface area contributed by atoms with Crippen LogP contribution >= 0.6 is 0 Å². The standard InChI is InChI=1S/C13H19N3O4/c1-15(11-8-20-7-10(11)12(17)18)13(19)16(6-2-5-14)9-3-4-9/h9-11H,2-4,6-8H2,1H3,(H,17,18). The van der Waals surface area contributed by atoms with Gasteiger partial charge in [0.15, 0.2) is 0 Å². The zero-order valence-electron chi connectivity index (χ0n) is 11.5. The van der Waals surface area contributed by atoms with E-state index in [1.165, 1.54) is 4.90 Å². The third kappa shape index (κ3) is 3.02. The molecular formula is C13H19N3O4. The number of carboxylic acid groups (broad SMARTS) is 1.